The van der Waals surface area contributed by atoms with Crippen molar-refractivity contribution in [1.82, 2.24) is 0 Å². The first-order chi connectivity index (χ1) is 8.00. The Hall–Kier alpha value is -1.64. The van der Waals surface area contributed by atoms with Crippen LogP contribution in [0.4, 0.5) is 0 Å². The topological polar surface area (TPSA) is 52.0 Å². The lowest BCUT2D eigenvalue weighted by molar-refractivity contribution is 0.559. The molecular formula is C15H16N2. The SMILES string of the molecule is CC1=Cc2cc(C)cc3cccc(c23)C1(N)N. The van der Waals surface area contributed by atoms with E-state index in [4.69, 9.17) is 11.5 Å². The van der Waals surface area contributed by atoms with E-state index in [0.717, 1.165) is 11.1 Å². The van der Waals surface area contributed by atoms with Crippen molar-refractivity contribution in [3.63, 3.8) is 0 Å². The summed E-state index contributed by atoms with van der Waals surface area (Å²) in [5.41, 5.74) is 16.1. The van der Waals surface area contributed by atoms with Crippen molar-refractivity contribution in [2.24, 2.45) is 11.5 Å². The monoisotopic (exact) mass is 224 g/mol. The first-order valence-corrected chi connectivity index (χ1v) is 5.80. The van der Waals surface area contributed by atoms with Crippen molar-refractivity contribution in [2.75, 3.05) is 0 Å². The van der Waals surface area contributed by atoms with Gasteiger partial charge in [0.25, 0.3) is 0 Å². The van der Waals surface area contributed by atoms with Gasteiger partial charge in [-0.05, 0) is 46.9 Å². The summed E-state index contributed by atoms with van der Waals surface area (Å²) in [5, 5.41) is 2.40. The molecule has 1 aliphatic rings. The summed E-state index contributed by atoms with van der Waals surface area (Å²) in [7, 11) is 0. The largest absolute Gasteiger partial charge is 0.306 e. The average molecular weight is 224 g/mol. The van der Waals surface area contributed by atoms with Crippen molar-refractivity contribution in [3.05, 3.63) is 52.6 Å². The highest BCUT2D eigenvalue weighted by molar-refractivity contribution is 5.97. The molecule has 0 atom stereocenters. The van der Waals surface area contributed by atoms with E-state index in [9.17, 15) is 0 Å². The van der Waals surface area contributed by atoms with Gasteiger partial charge in [0.2, 0.25) is 0 Å². The van der Waals surface area contributed by atoms with Crippen LogP contribution in [0.3, 0.4) is 0 Å². The van der Waals surface area contributed by atoms with E-state index in [-0.39, 0.29) is 0 Å². The van der Waals surface area contributed by atoms with Gasteiger partial charge >= 0.3 is 0 Å². The third-order valence-electron chi connectivity index (χ3n) is 3.62. The first kappa shape index (κ1) is 10.5. The van der Waals surface area contributed by atoms with Crippen molar-refractivity contribution >= 4 is 16.8 Å². The number of hydrogen-bond donors (Lipinski definition) is 2. The van der Waals surface area contributed by atoms with Crippen molar-refractivity contribution in [3.8, 4) is 0 Å². The molecule has 0 radical (unpaired) electrons. The van der Waals surface area contributed by atoms with Crippen molar-refractivity contribution in [2.45, 2.75) is 19.5 Å². The van der Waals surface area contributed by atoms with Crippen LogP contribution in [-0.4, -0.2) is 0 Å². The molecule has 0 saturated heterocycles. The highest BCUT2D eigenvalue weighted by Crippen LogP contribution is 2.37. The highest BCUT2D eigenvalue weighted by atomic mass is 15.0. The molecule has 0 heterocycles. The maximum absolute atomic E-state index is 6.24. The lowest BCUT2D eigenvalue weighted by Gasteiger charge is -2.32. The van der Waals surface area contributed by atoms with Crippen LogP contribution < -0.4 is 11.5 Å². The fraction of sp³-hybridized carbons (Fsp3) is 0.200. The second-order valence-corrected chi connectivity index (χ2v) is 4.95. The first-order valence-electron chi connectivity index (χ1n) is 5.80. The molecule has 0 saturated carbocycles. The number of nitrogens with two attached hydrogens (primary N) is 2. The normalized spacial score (nSPS) is 17.1. The minimum absolute atomic E-state index is 0.845. The summed E-state index contributed by atoms with van der Waals surface area (Å²) in [4.78, 5) is 0. The second-order valence-electron chi connectivity index (χ2n) is 4.95. The van der Waals surface area contributed by atoms with E-state index in [1.54, 1.807) is 0 Å². The smallest absolute Gasteiger partial charge is 0.113 e. The lowest BCUT2D eigenvalue weighted by atomic mass is 9.81. The molecule has 3 rings (SSSR count). The molecule has 0 spiro atoms. The number of benzene rings is 2. The van der Waals surface area contributed by atoms with Crippen LogP contribution in [0.15, 0.2) is 35.9 Å². The Balaban J connectivity index is 2.52. The predicted octanol–water partition coefficient (Wildman–Crippen LogP) is 2.64. The quantitative estimate of drug-likeness (QED) is 0.676. The van der Waals surface area contributed by atoms with E-state index in [2.05, 4.69) is 31.2 Å². The molecule has 0 bridgehead atoms. The van der Waals surface area contributed by atoms with Gasteiger partial charge in [-0.25, -0.2) is 0 Å². The van der Waals surface area contributed by atoms with E-state index in [1.165, 1.54) is 21.9 Å². The lowest BCUT2D eigenvalue weighted by Crippen LogP contribution is -2.48. The molecule has 1 aliphatic carbocycles. The molecule has 2 aromatic carbocycles. The van der Waals surface area contributed by atoms with Crippen LogP contribution in [0.2, 0.25) is 0 Å². The van der Waals surface area contributed by atoms with Gasteiger partial charge < -0.3 is 11.5 Å². The summed E-state index contributed by atoms with van der Waals surface area (Å²) >= 11 is 0. The second kappa shape index (κ2) is 3.19. The summed E-state index contributed by atoms with van der Waals surface area (Å²) in [6, 6.07) is 10.5. The van der Waals surface area contributed by atoms with Crippen LogP contribution in [0, 0.1) is 6.92 Å². The van der Waals surface area contributed by atoms with Gasteiger partial charge in [-0.3, -0.25) is 0 Å². The van der Waals surface area contributed by atoms with Gasteiger partial charge in [-0.15, -0.1) is 0 Å². The molecule has 86 valence electrons. The molecule has 2 nitrogen and oxygen atoms in total. The average Bonchev–Trinajstić information content (AvgIpc) is 2.26. The van der Waals surface area contributed by atoms with Crippen LogP contribution in [0.5, 0.6) is 0 Å². The zero-order valence-electron chi connectivity index (χ0n) is 10.1. The van der Waals surface area contributed by atoms with Crippen LogP contribution >= 0.6 is 0 Å². The predicted molar refractivity (Wildman–Crippen MR) is 72.4 cm³/mol. The highest BCUT2D eigenvalue weighted by Gasteiger charge is 2.30. The fourth-order valence-electron chi connectivity index (χ4n) is 2.64. The van der Waals surface area contributed by atoms with E-state index < -0.39 is 5.66 Å². The number of aryl methyl sites for hydroxylation is 1. The maximum Gasteiger partial charge on any atom is 0.113 e. The van der Waals surface area contributed by atoms with Gasteiger partial charge in [0, 0.05) is 0 Å². The Labute approximate surface area is 101 Å². The molecular weight excluding hydrogens is 208 g/mol. The molecule has 2 heteroatoms. The summed E-state index contributed by atoms with van der Waals surface area (Å²) in [5.74, 6) is 0. The minimum atomic E-state index is -0.845. The van der Waals surface area contributed by atoms with Crippen molar-refractivity contribution in [1.29, 1.82) is 0 Å². The third kappa shape index (κ3) is 1.35. The van der Waals surface area contributed by atoms with Gasteiger partial charge in [-0.1, -0.05) is 36.4 Å². The van der Waals surface area contributed by atoms with Crippen LogP contribution in [0.25, 0.3) is 16.8 Å². The van der Waals surface area contributed by atoms with Gasteiger partial charge in [-0.2, -0.15) is 0 Å². The Morgan fingerprint density at radius 2 is 1.82 bits per heavy atom. The zero-order chi connectivity index (χ0) is 12.2. The number of hydrogen-bond acceptors (Lipinski definition) is 2. The standard InChI is InChI=1S/C15H16N2/c1-9-6-11-4-3-5-13-14(11)12(7-9)8-10(2)15(13,16)17/h3-8H,16-17H2,1-2H3. The minimum Gasteiger partial charge on any atom is -0.306 e. The molecule has 0 unspecified atom stereocenters. The fourth-order valence-corrected chi connectivity index (χ4v) is 2.64. The molecule has 0 aliphatic heterocycles. The molecule has 2 aromatic rings. The zero-order valence-corrected chi connectivity index (χ0v) is 10.1. The Morgan fingerprint density at radius 1 is 1.06 bits per heavy atom. The number of rotatable bonds is 0. The van der Waals surface area contributed by atoms with Crippen LogP contribution in [-0.2, 0) is 5.66 Å². The Kier molecular flexibility index (Phi) is 1.97. The van der Waals surface area contributed by atoms with Gasteiger partial charge in [0.15, 0.2) is 0 Å². The molecule has 4 N–H and O–H groups in total. The van der Waals surface area contributed by atoms with E-state index in [1.807, 2.05) is 19.1 Å². The van der Waals surface area contributed by atoms with Gasteiger partial charge in [0.1, 0.15) is 5.66 Å². The van der Waals surface area contributed by atoms with Gasteiger partial charge in [0.05, 0.1) is 0 Å². The Bertz CT molecular complexity index is 651. The van der Waals surface area contributed by atoms with Crippen molar-refractivity contribution < 1.29 is 0 Å². The summed E-state index contributed by atoms with van der Waals surface area (Å²) in [6.07, 6.45) is 2.10. The summed E-state index contributed by atoms with van der Waals surface area (Å²) in [6.45, 7) is 4.10. The molecule has 0 amide bonds. The molecule has 17 heavy (non-hydrogen) atoms. The molecule has 0 fully saturated rings. The third-order valence-corrected chi connectivity index (χ3v) is 3.62. The molecule has 0 aromatic heterocycles. The van der Waals surface area contributed by atoms with Crippen LogP contribution in [0.1, 0.15) is 23.6 Å². The summed E-state index contributed by atoms with van der Waals surface area (Å²) < 4.78 is 0. The maximum atomic E-state index is 6.24. The van der Waals surface area contributed by atoms with E-state index in [0.29, 0.717) is 0 Å². The Morgan fingerprint density at radius 3 is 2.59 bits per heavy atom. The van der Waals surface area contributed by atoms with E-state index >= 15 is 0 Å².